The highest BCUT2D eigenvalue weighted by Crippen LogP contribution is 2.28. The Balaban J connectivity index is 1.25. The van der Waals surface area contributed by atoms with Gasteiger partial charge in [-0.2, -0.15) is 15.0 Å². The second-order valence-corrected chi connectivity index (χ2v) is 10.4. The van der Waals surface area contributed by atoms with Gasteiger partial charge in [0.2, 0.25) is 11.9 Å². The van der Waals surface area contributed by atoms with Crippen molar-refractivity contribution < 1.29 is 4.79 Å². The minimum absolute atomic E-state index is 0.285. The lowest BCUT2D eigenvalue weighted by molar-refractivity contribution is 0.103. The number of aryl methyl sites for hydroxylation is 2. The van der Waals surface area contributed by atoms with Gasteiger partial charge in [0, 0.05) is 36.9 Å². The van der Waals surface area contributed by atoms with Crippen LogP contribution in [0.5, 0.6) is 0 Å². The van der Waals surface area contributed by atoms with E-state index in [4.69, 9.17) is 23.2 Å². The molecule has 1 aliphatic heterocycles. The van der Waals surface area contributed by atoms with Gasteiger partial charge in [0.25, 0.3) is 5.91 Å². The predicted octanol–water partition coefficient (Wildman–Crippen LogP) is 5.57. The third-order valence-corrected chi connectivity index (χ3v) is 7.34. The van der Waals surface area contributed by atoms with Gasteiger partial charge in [0.15, 0.2) is 5.13 Å². The fourth-order valence-corrected chi connectivity index (χ4v) is 5.16. The number of aromatic nitrogens is 4. The minimum Gasteiger partial charge on any atom is -0.368 e. The maximum atomic E-state index is 12.8. The summed E-state index contributed by atoms with van der Waals surface area (Å²) in [5.74, 6) is 1.29. The molecule has 190 valence electrons. The number of benzene rings is 2. The van der Waals surface area contributed by atoms with Gasteiger partial charge < -0.3 is 15.1 Å². The van der Waals surface area contributed by atoms with Crippen LogP contribution in [-0.4, -0.2) is 52.0 Å². The van der Waals surface area contributed by atoms with Gasteiger partial charge in [-0.05, 0) is 43.7 Å². The molecule has 2 aromatic carbocycles. The van der Waals surface area contributed by atoms with Gasteiger partial charge in [-0.15, -0.1) is 0 Å². The average molecular weight is 555 g/mol. The van der Waals surface area contributed by atoms with Gasteiger partial charge in [-0.1, -0.05) is 52.7 Å². The number of rotatable bonds is 6. The fraction of sp³-hybridized carbons (Fsp3) is 0.240. The molecule has 37 heavy (non-hydrogen) atoms. The molecule has 1 fully saturated rings. The number of amides is 1. The van der Waals surface area contributed by atoms with Crippen molar-refractivity contribution in [1.82, 2.24) is 19.9 Å². The molecule has 2 N–H and O–H groups in total. The largest absolute Gasteiger partial charge is 0.368 e. The number of thiazole rings is 1. The summed E-state index contributed by atoms with van der Waals surface area (Å²) in [5.41, 5.74) is 2.57. The summed E-state index contributed by atoms with van der Waals surface area (Å²) in [6, 6.07) is 13.3. The van der Waals surface area contributed by atoms with E-state index in [1.54, 1.807) is 6.07 Å². The first kappa shape index (κ1) is 25.2. The number of carbonyl (C=O) groups is 1. The SMILES string of the molecule is Cc1nc(Nc2ncc(C(=O)Nc3c(C)cccc3Cl)s2)nc(N2CCN(c3cccc(Cl)c3)CC2)n1. The standard InChI is InChI=1S/C25H24Cl2N8OS/c1-15-5-3-8-19(27)21(15)31-22(36)20-14-28-25(37-20)33-23-29-16(2)30-24(32-23)35-11-9-34(10-12-35)18-7-4-6-17(26)13-18/h3-8,13-14H,9-12H2,1-2H3,(H,31,36)(H,28,29,30,32,33). The van der Waals surface area contributed by atoms with Crippen LogP contribution >= 0.6 is 34.5 Å². The summed E-state index contributed by atoms with van der Waals surface area (Å²) < 4.78 is 0. The van der Waals surface area contributed by atoms with Gasteiger partial charge in [0.1, 0.15) is 10.7 Å². The molecule has 0 saturated carbocycles. The number of para-hydroxylation sites is 1. The first-order valence-corrected chi connectivity index (χ1v) is 13.2. The zero-order valence-corrected chi connectivity index (χ0v) is 22.5. The summed E-state index contributed by atoms with van der Waals surface area (Å²) in [6.07, 6.45) is 1.51. The molecular formula is C25H24Cl2N8OS. The Bertz CT molecular complexity index is 1420. The van der Waals surface area contributed by atoms with E-state index in [9.17, 15) is 4.79 Å². The van der Waals surface area contributed by atoms with Crippen LogP contribution in [0.4, 0.5) is 28.4 Å². The Kier molecular flexibility index (Phi) is 7.40. The Hall–Kier alpha value is -3.47. The molecule has 1 saturated heterocycles. The van der Waals surface area contributed by atoms with Crippen molar-refractivity contribution in [3.63, 3.8) is 0 Å². The Morgan fingerprint density at radius 3 is 2.49 bits per heavy atom. The van der Waals surface area contributed by atoms with Crippen molar-refractivity contribution in [1.29, 1.82) is 0 Å². The van der Waals surface area contributed by atoms with Crippen LogP contribution in [0.2, 0.25) is 10.0 Å². The number of piperazine rings is 1. The van der Waals surface area contributed by atoms with Gasteiger partial charge in [0.05, 0.1) is 16.9 Å². The Morgan fingerprint density at radius 2 is 1.73 bits per heavy atom. The monoisotopic (exact) mass is 554 g/mol. The number of hydrogen-bond acceptors (Lipinski definition) is 9. The lowest BCUT2D eigenvalue weighted by atomic mass is 10.2. The summed E-state index contributed by atoms with van der Waals surface area (Å²) >= 11 is 13.6. The molecular weight excluding hydrogens is 531 g/mol. The molecule has 3 heterocycles. The molecule has 0 unspecified atom stereocenters. The van der Waals surface area contributed by atoms with Crippen LogP contribution < -0.4 is 20.4 Å². The molecule has 0 aliphatic carbocycles. The summed E-state index contributed by atoms with van der Waals surface area (Å²) in [5, 5.41) is 7.69. The van der Waals surface area contributed by atoms with Gasteiger partial charge in [-0.25, -0.2) is 4.98 Å². The first-order valence-electron chi connectivity index (χ1n) is 11.6. The van der Waals surface area contributed by atoms with Crippen LogP contribution in [0.1, 0.15) is 21.1 Å². The van der Waals surface area contributed by atoms with E-state index in [1.165, 1.54) is 17.5 Å². The molecule has 9 nitrogen and oxygen atoms in total. The summed E-state index contributed by atoms with van der Waals surface area (Å²) in [6.45, 7) is 6.88. The molecule has 0 bridgehead atoms. The minimum atomic E-state index is -0.285. The van der Waals surface area contributed by atoms with Crippen molar-refractivity contribution in [3.8, 4) is 0 Å². The third-order valence-electron chi connectivity index (χ3n) is 5.88. The number of carbonyl (C=O) groups excluding carboxylic acids is 1. The van der Waals surface area contributed by atoms with Gasteiger partial charge >= 0.3 is 0 Å². The highest BCUT2D eigenvalue weighted by atomic mass is 35.5. The van der Waals surface area contributed by atoms with E-state index in [2.05, 4.69) is 46.4 Å². The molecule has 0 radical (unpaired) electrons. The van der Waals surface area contributed by atoms with Crippen LogP contribution in [0.25, 0.3) is 0 Å². The van der Waals surface area contributed by atoms with Crippen LogP contribution in [0.3, 0.4) is 0 Å². The summed E-state index contributed by atoms with van der Waals surface area (Å²) in [4.78, 5) is 35.5. The topological polar surface area (TPSA) is 99.2 Å². The second-order valence-electron chi connectivity index (χ2n) is 8.50. The van der Waals surface area contributed by atoms with Crippen LogP contribution in [0, 0.1) is 13.8 Å². The number of nitrogens with one attached hydrogen (secondary N) is 2. The van der Waals surface area contributed by atoms with E-state index in [0.717, 1.165) is 42.5 Å². The van der Waals surface area contributed by atoms with Crippen LogP contribution in [0.15, 0.2) is 48.7 Å². The number of hydrogen-bond donors (Lipinski definition) is 2. The number of nitrogens with zero attached hydrogens (tertiary/aromatic N) is 6. The molecule has 1 amide bonds. The average Bonchev–Trinajstić information content (AvgIpc) is 3.34. The van der Waals surface area contributed by atoms with Crippen LogP contribution in [-0.2, 0) is 0 Å². The zero-order chi connectivity index (χ0) is 25.9. The summed E-state index contributed by atoms with van der Waals surface area (Å²) in [7, 11) is 0. The molecule has 1 aliphatic rings. The van der Waals surface area contributed by atoms with Crippen molar-refractivity contribution in [2.24, 2.45) is 0 Å². The number of anilines is 5. The lowest BCUT2D eigenvalue weighted by Crippen LogP contribution is -2.47. The maximum Gasteiger partial charge on any atom is 0.267 e. The van der Waals surface area contributed by atoms with E-state index < -0.39 is 0 Å². The lowest BCUT2D eigenvalue weighted by Gasteiger charge is -2.36. The molecule has 0 atom stereocenters. The first-order chi connectivity index (χ1) is 17.9. The third kappa shape index (κ3) is 5.93. The van der Waals surface area contributed by atoms with E-state index >= 15 is 0 Å². The van der Waals surface area contributed by atoms with Crippen molar-refractivity contribution >= 4 is 68.8 Å². The highest BCUT2D eigenvalue weighted by molar-refractivity contribution is 7.17. The zero-order valence-electron chi connectivity index (χ0n) is 20.2. The molecule has 5 rings (SSSR count). The van der Waals surface area contributed by atoms with Gasteiger partial charge in [-0.3, -0.25) is 10.1 Å². The smallest absolute Gasteiger partial charge is 0.267 e. The Labute approximate surface area is 228 Å². The predicted molar refractivity (Wildman–Crippen MR) is 150 cm³/mol. The van der Waals surface area contributed by atoms with E-state index in [1.807, 2.05) is 44.2 Å². The molecule has 4 aromatic rings. The Morgan fingerprint density at radius 1 is 0.973 bits per heavy atom. The van der Waals surface area contributed by atoms with E-state index in [0.29, 0.717) is 38.4 Å². The van der Waals surface area contributed by atoms with Crippen molar-refractivity contribution in [2.45, 2.75) is 13.8 Å². The normalized spacial score (nSPS) is 13.5. The molecule has 0 spiro atoms. The van der Waals surface area contributed by atoms with E-state index in [-0.39, 0.29) is 5.91 Å². The number of halogens is 2. The second kappa shape index (κ2) is 10.9. The highest BCUT2D eigenvalue weighted by Gasteiger charge is 2.21. The fourth-order valence-electron chi connectivity index (χ4n) is 4.00. The molecule has 12 heteroatoms. The maximum absolute atomic E-state index is 12.8. The molecule has 2 aromatic heterocycles. The van der Waals surface area contributed by atoms with Crippen molar-refractivity contribution in [3.05, 3.63) is 75.0 Å². The van der Waals surface area contributed by atoms with Crippen molar-refractivity contribution in [2.75, 3.05) is 46.6 Å². The quantitative estimate of drug-likeness (QED) is 0.319.